The summed E-state index contributed by atoms with van der Waals surface area (Å²) in [4.78, 5) is 15.0. The van der Waals surface area contributed by atoms with E-state index >= 15 is 0 Å². The van der Waals surface area contributed by atoms with E-state index in [1.807, 2.05) is 0 Å². The number of ether oxygens (including phenoxy) is 1. The molecule has 0 amide bonds. The van der Waals surface area contributed by atoms with E-state index in [0.717, 1.165) is 4.47 Å². The predicted octanol–water partition coefficient (Wildman–Crippen LogP) is 0.801. The van der Waals surface area contributed by atoms with Crippen LogP contribution >= 0.6 is 15.9 Å². The molecule has 0 aliphatic carbocycles. The van der Waals surface area contributed by atoms with E-state index < -0.39 is 18.2 Å². The molecule has 0 bridgehead atoms. The molecule has 16 heavy (non-hydrogen) atoms. The topological polar surface area (TPSA) is 79.7 Å². The summed E-state index contributed by atoms with van der Waals surface area (Å²) in [5.41, 5.74) is 0.212. The summed E-state index contributed by atoms with van der Waals surface area (Å²) in [6.45, 7) is 1.77. The lowest BCUT2D eigenvalue weighted by atomic mass is 10.1. The number of pyridine rings is 1. The second-order valence-electron chi connectivity index (χ2n) is 3.04. The van der Waals surface area contributed by atoms with Crippen molar-refractivity contribution in [1.82, 2.24) is 4.98 Å². The molecule has 2 N–H and O–H groups in total. The van der Waals surface area contributed by atoms with E-state index in [9.17, 15) is 15.0 Å². The first kappa shape index (κ1) is 13.1. The molecule has 0 saturated heterocycles. The van der Waals surface area contributed by atoms with Crippen LogP contribution in [0, 0.1) is 0 Å². The molecule has 1 aromatic heterocycles. The lowest BCUT2D eigenvalue weighted by Crippen LogP contribution is -2.30. The summed E-state index contributed by atoms with van der Waals surface area (Å²) in [7, 11) is 0. The van der Waals surface area contributed by atoms with Crippen molar-refractivity contribution in [2.75, 3.05) is 6.61 Å². The Bertz CT molecular complexity index is 354. The molecule has 0 saturated carbocycles. The largest absolute Gasteiger partial charge is 0.464 e. The molecule has 88 valence electrons. The van der Waals surface area contributed by atoms with Crippen molar-refractivity contribution < 1.29 is 19.7 Å². The highest BCUT2D eigenvalue weighted by atomic mass is 79.9. The highest BCUT2D eigenvalue weighted by molar-refractivity contribution is 9.10. The van der Waals surface area contributed by atoms with Gasteiger partial charge in [-0.15, -0.1) is 0 Å². The zero-order valence-corrected chi connectivity index (χ0v) is 10.2. The van der Waals surface area contributed by atoms with Gasteiger partial charge >= 0.3 is 5.97 Å². The Labute approximate surface area is 101 Å². The average molecular weight is 290 g/mol. The maximum Gasteiger partial charge on any atom is 0.338 e. The maximum atomic E-state index is 11.2. The molecule has 0 aromatic carbocycles. The zero-order chi connectivity index (χ0) is 12.1. The molecule has 0 radical (unpaired) electrons. The van der Waals surface area contributed by atoms with Gasteiger partial charge in [-0.25, -0.2) is 4.79 Å². The fraction of sp³-hybridized carbons (Fsp3) is 0.400. The number of carbonyl (C=O) groups excluding carboxylic acids is 1. The van der Waals surface area contributed by atoms with Crippen LogP contribution in [0.15, 0.2) is 22.8 Å². The quantitative estimate of drug-likeness (QED) is 0.802. The van der Waals surface area contributed by atoms with Crippen molar-refractivity contribution in [2.24, 2.45) is 0 Å². The smallest absolute Gasteiger partial charge is 0.338 e. The van der Waals surface area contributed by atoms with Gasteiger partial charge in [0.2, 0.25) is 0 Å². The van der Waals surface area contributed by atoms with Gasteiger partial charge in [-0.2, -0.15) is 0 Å². The van der Waals surface area contributed by atoms with Crippen LogP contribution in [0.5, 0.6) is 0 Å². The van der Waals surface area contributed by atoms with E-state index in [-0.39, 0.29) is 12.3 Å². The van der Waals surface area contributed by atoms with Crippen LogP contribution in [0.2, 0.25) is 0 Å². The highest BCUT2D eigenvalue weighted by Crippen LogP contribution is 2.17. The van der Waals surface area contributed by atoms with E-state index in [1.165, 1.54) is 12.3 Å². The monoisotopic (exact) mass is 289 g/mol. The maximum absolute atomic E-state index is 11.2. The molecule has 1 rings (SSSR count). The number of nitrogens with zero attached hydrogens (tertiary/aromatic N) is 1. The molecule has 0 spiro atoms. The number of aliphatic hydroxyl groups is 2. The Morgan fingerprint density at radius 2 is 2.25 bits per heavy atom. The Hall–Kier alpha value is -0.980. The SMILES string of the molecule is CCOC(=O)C(O)C(O)c1ccc(Br)cn1. The first-order valence-electron chi connectivity index (χ1n) is 4.70. The summed E-state index contributed by atoms with van der Waals surface area (Å²) in [6, 6.07) is 3.17. The van der Waals surface area contributed by atoms with Crippen LogP contribution in [0.4, 0.5) is 0 Å². The minimum atomic E-state index is -1.62. The summed E-state index contributed by atoms with van der Waals surface area (Å²) in [5.74, 6) is -0.861. The summed E-state index contributed by atoms with van der Waals surface area (Å²) in [5, 5.41) is 19.1. The fourth-order valence-electron chi connectivity index (χ4n) is 1.08. The van der Waals surface area contributed by atoms with E-state index in [1.54, 1.807) is 13.0 Å². The number of aromatic nitrogens is 1. The minimum Gasteiger partial charge on any atom is -0.464 e. The molecule has 6 heteroatoms. The van der Waals surface area contributed by atoms with Crippen molar-refractivity contribution in [3.05, 3.63) is 28.5 Å². The second kappa shape index (κ2) is 5.93. The molecule has 1 heterocycles. The summed E-state index contributed by atoms with van der Waals surface area (Å²) < 4.78 is 5.33. The number of aliphatic hydroxyl groups excluding tert-OH is 2. The molecule has 5 nitrogen and oxygen atoms in total. The van der Waals surface area contributed by atoms with Crippen LogP contribution in [-0.2, 0) is 9.53 Å². The first-order chi connectivity index (χ1) is 7.56. The Kier molecular flexibility index (Phi) is 4.85. The zero-order valence-electron chi connectivity index (χ0n) is 8.63. The lowest BCUT2D eigenvalue weighted by Gasteiger charge is -2.15. The minimum absolute atomic E-state index is 0.149. The fourth-order valence-corrected chi connectivity index (χ4v) is 1.32. The number of carbonyl (C=O) groups is 1. The standard InChI is InChI=1S/C10H12BrNO4/c1-2-16-10(15)9(14)8(13)7-4-3-6(11)5-12-7/h3-5,8-9,13-14H,2H2,1H3. The van der Waals surface area contributed by atoms with E-state index in [0.29, 0.717) is 0 Å². The lowest BCUT2D eigenvalue weighted by molar-refractivity contribution is -0.159. The number of esters is 1. The van der Waals surface area contributed by atoms with Crippen LogP contribution in [-0.4, -0.2) is 33.9 Å². The van der Waals surface area contributed by atoms with Gasteiger partial charge in [-0.1, -0.05) is 0 Å². The van der Waals surface area contributed by atoms with Gasteiger partial charge in [0.1, 0.15) is 6.10 Å². The van der Waals surface area contributed by atoms with Crippen LogP contribution in [0.1, 0.15) is 18.7 Å². The number of hydrogen-bond donors (Lipinski definition) is 2. The Morgan fingerprint density at radius 3 is 2.75 bits per heavy atom. The first-order valence-corrected chi connectivity index (χ1v) is 5.49. The molecule has 2 unspecified atom stereocenters. The van der Waals surface area contributed by atoms with Crippen molar-refractivity contribution in [2.45, 2.75) is 19.1 Å². The third-order valence-electron chi connectivity index (χ3n) is 1.88. The predicted molar refractivity (Wildman–Crippen MR) is 59.5 cm³/mol. The molecular formula is C10H12BrNO4. The molecule has 0 aliphatic rings. The molecule has 0 fully saturated rings. The molecular weight excluding hydrogens is 278 g/mol. The normalized spacial score (nSPS) is 14.2. The van der Waals surface area contributed by atoms with Crippen molar-refractivity contribution in [3.63, 3.8) is 0 Å². The molecule has 2 atom stereocenters. The van der Waals surface area contributed by atoms with Crippen LogP contribution in [0.25, 0.3) is 0 Å². The third-order valence-corrected chi connectivity index (χ3v) is 2.35. The number of halogens is 1. The van der Waals surface area contributed by atoms with Crippen LogP contribution in [0.3, 0.4) is 0 Å². The summed E-state index contributed by atoms with van der Waals surface area (Å²) >= 11 is 3.19. The van der Waals surface area contributed by atoms with Crippen LogP contribution < -0.4 is 0 Å². The van der Waals surface area contributed by atoms with Crippen molar-refractivity contribution >= 4 is 21.9 Å². The average Bonchev–Trinajstić information content (AvgIpc) is 2.28. The van der Waals surface area contributed by atoms with Gasteiger partial charge in [0.15, 0.2) is 6.10 Å². The van der Waals surface area contributed by atoms with Gasteiger partial charge in [0, 0.05) is 10.7 Å². The van der Waals surface area contributed by atoms with Crippen molar-refractivity contribution in [3.8, 4) is 0 Å². The number of rotatable bonds is 4. The highest BCUT2D eigenvalue weighted by Gasteiger charge is 2.27. The number of hydrogen-bond acceptors (Lipinski definition) is 5. The Morgan fingerprint density at radius 1 is 1.56 bits per heavy atom. The van der Waals surface area contributed by atoms with Gasteiger partial charge in [0.25, 0.3) is 0 Å². The van der Waals surface area contributed by atoms with Crippen molar-refractivity contribution in [1.29, 1.82) is 0 Å². The summed E-state index contributed by atoms with van der Waals surface area (Å²) in [6.07, 6.45) is -1.53. The van der Waals surface area contributed by atoms with Gasteiger partial charge < -0.3 is 14.9 Å². The Balaban J connectivity index is 2.73. The molecule has 1 aromatic rings. The third kappa shape index (κ3) is 3.26. The van der Waals surface area contributed by atoms with E-state index in [4.69, 9.17) is 0 Å². The van der Waals surface area contributed by atoms with Gasteiger partial charge in [-0.3, -0.25) is 4.98 Å². The van der Waals surface area contributed by atoms with Gasteiger partial charge in [-0.05, 0) is 35.0 Å². The second-order valence-corrected chi connectivity index (χ2v) is 3.96. The van der Waals surface area contributed by atoms with Gasteiger partial charge in [0.05, 0.1) is 12.3 Å². The van der Waals surface area contributed by atoms with E-state index in [2.05, 4.69) is 25.7 Å². The molecule has 0 aliphatic heterocycles.